The highest BCUT2D eigenvalue weighted by molar-refractivity contribution is 6.04. The molecule has 0 bridgehead atoms. The van der Waals surface area contributed by atoms with Gasteiger partial charge in [0.2, 0.25) is 0 Å². The van der Waals surface area contributed by atoms with Crippen molar-refractivity contribution in [1.29, 1.82) is 0 Å². The fourth-order valence-corrected chi connectivity index (χ4v) is 1.49. The predicted molar refractivity (Wildman–Crippen MR) is 67.7 cm³/mol. The molecule has 0 spiro atoms. The number of nitrogens with zero attached hydrogens (tertiary/aromatic N) is 1. The van der Waals surface area contributed by atoms with Gasteiger partial charge in [-0.2, -0.15) is 0 Å². The molecule has 19 heavy (non-hydrogen) atoms. The van der Waals surface area contributed by atoms with Gasteiger partial charge < -0.3 is 11.1 Å². The Morgan fingerprint density at radius 3 is 2.68 bits per heavy atom. The minimum atomic E-state index is -0.926. The standard InChI is InChI=1S/C13H11F2N3O/c1-7-4-12(17-6-11(7)16)18-13(19)9-3-2-8(14)5-10(9)15/h2-6H,16H2,1H3,(H,17,18,19). The minimum Gasteiger partial charge on any atom is -0.397 e. The Morgan fingerprint density at radius 2 is 2.05 bits per heavy atom. The van der Waals surface area contributed by atoms with Gasteiger partial charge in [0, 0.05) is 6.07 Å². The fourth-order valence-electron chi connectivity index (χ4n) is 1.49. The highest BCUT2D eigenvalue weighted by Gasteiger charge is 2.13. The summed E-state index contributed by atoms with van der Waals surface area (Å²) in [7, 11) is 0. The van der Waals surface area contributed by atoms with Crippen LogP contribution in [-0.4, -0.2) is 10.9 Å². The Bertz CT molecular complexity index is 644. The number of carbonyl (C=O) groups is 1. The Morgan fingerprint density at radius 1 is 1.32 bits per heavy atom. The molecule has 2 rings (SSSR count). The molecule has 0 saturated carbocycles. The summed E-state index contributed by atoms with van der Waals surface area (Å²) in [5.74, 6) is -2.12. The lowest BCUT2D eigenvalue weighted by Gasteiger charge is -2.07. The number of rotatable bonds is 2. The second kappa shape index (κ2) is 5.01. The molecule has 2 aromatic rings. The normalized spacial score (nSPS) is 10.3. The number of pyridine rings is 1. The van der Waals surface area contributed by atoms with Crippen LogP contribution < -0.4 is 11.1 Å². The van der Waals surface area contributed by atoms with Crippen molar-refractivity contribution >= 4 is 17.4 Å². The zero-order chi connectivity index (χ0) is 14.0. The molecule has 0 atom stereocenters. The van der Waals surface area contributed by atoms with E-state index in [1.54, 1.807) is 13.0 Å². The molecule has 0 radical (unpaired) electrons. The number of anilines is 2. The van der Waals surface area contributed by atoms with Crippen molar-refractivity contribution in [3.63, 3.8) is 0 Å². The summed E-state index contributed by atoms with van der Waals surface area (Å²) in [5.41, 5.74) is 6.57. The average molecular weight is 263 g/mol. The number of amides is 1. The zero-order valence-corrected chi connectivity index (χ0v) is 10.1. The first-order chi connectivity index (χ1) is 8.97. The molecule has 3 N–H and O–H groups in total. The zero-order valence-electron chi connectivity index (χ0n) is 10.1. The Labute approximate surface area is 108 Å². The van der Waals surface area contributed by atoms with Gasteiger partial charge in [0.25, 0.3) is 5.91 Å². The fraction of sp³-hybridized carbons (Fsp3) is 0.0769. The summed E-state index contributed by atoms with van der Waals surface area (Å²) in [4.78, 5) is 15.7. The molecule has 1 heterocycles. The monoisotopic (exact) mass is 263 g/mol. The number of nitrogens with two attached hydrogens (primary N) is 1. The van der Waals surface area contributed by atoms with E-state index in [0.29, 0.717) is 11.8 Å². The molecular weight excluding hydrogens is 252 g/mol. The third-order valence-corrected chi connectivity index (χ3v) is 2.57. The van der Waals surface area contributed by atoms with Gasteiger partial charge in [-0.05, 0) is 30.7 Å². The lowest BCUT2D eigenvalue weighted by Crippen LogP contribution is -2.15. The van der Waals surface area contributed by atoms with Crippen LogP contribution in [0.15, 0.2) is 30.5 Å². The predicted octanol–water partition coefficient (Wildman–Crippen LogP) is 2.50. The lowest BCUT2D eigenvalue weighted by molar-refractivity contribution is 0.102. The maximum absolute atomic E-state index is 13.4. The van der Waals surface area contributed by atoms with E-state index in [9.17, 15) is 13.6 Å². The maximum Gasteiger partial charge on any atom is 0.259 e. The first-order valence-electron chi connectivity index (χ1n) is 5.46. The maximum atomic E-state index is 13.4. The van der Waals surface area contributed by atoms with Crippen molar-refractivity contribution in [2.45, 2.75) is 6.92 Å². The number of nitrogens with one attached hydrogen (secondary N) is 1. The van der Waals surface area contributed by atoms with E-state index in [1.807, 2.05) is 0 Å². The number of benzene rings is 1. The van der Waals surface area contributed by atoms with E-state index in [-0.39, 0.29) is 11.4 Å². The number of aryl methyl sites for hydroxylation is 1. The largest absolute Gasteiger partial charge is 0.397 e. The third kappa shape index (κ3) is 2.85. The second-order valence-electron chi connectivity index (χ2n) is 4.00. The summed E-state index contributed by atoms with van der Waals surface area (Å²) in [6.07, 6.45) is 1.39. The van der Waals surface area contributed by atoms with E-state index >= 15 is 0 Å². The van der Waals surface area contributed by atoms with E-state index in [1.165, 1.54) is 6.20 Å². The van der Waals surface area contributed by atoms with Gasteiger partial charge in [0.05, 0.1) is 17.4 Å². The highest BCUT2D eigenvalue weighted by Crippen LogP contribution is 2.15. The Hall–Kier alpha value is -2.50. The van der Waals surface area contributed by atoms with Crippen LogP contribution in [0, 0.1) is 18.6 Å². The van der Waals surface area contributed by atoms with Gasteiger partial charge in [0.1, 0.15) is 17.5 Å². The van der Waals surface area contributed by atoms with Crippen LogP contribution in [0.3, 0.4) is 0 Å². The molecule has 98 valence electrons. The van der Waals surface area contributed by atoms with E-state index < -0.39 is 17.5 Å². The van der Waals surface area contributed by atoms with Crippen molar-refractivity contribution in [2.24, 2.45) is 0 Å². The molecule has 6 heteroatoms. The number of halogens is 2. The van der Waals surface area contributed by atoms with Gasteiger partial charge >= 0.3 is 0 Å². The number of carbonyl (C=O) groups excluding carboxylic acids is 1. The van der Waals surface area contributed by atoms with Crippen molar-refractivity contribution < 1.29 is 13.6 Å². The topological polar surface area (TPSA) is 68.0 Å². The van der Waals surface area contributed by atoms with Crippen LogP contribution in [-0.2, 0) is 0 Å². The number of aromatic nitrogens is 1. The van der Waals surface area contributed by atoms with Crippen molar-refractivity contribution in [3.8, 4) is 0 Å². The molecule has 1 aromatic carbocycles. The molecular formula is C13H11F2N3O. The second-order valence-corrected chi connectivity index (χ2v) is 4.00. The average Bonchev–Trinajstić information content (AvgIpc) is 2.33. The van der Waals surface area contributed by atoms with Crippen LogP contribution in [0.4, 0.5) is 20.3 Å². The summed E-state index contributed by atoms with van der Waals surface area (Å²) in [5, 5.41) is 2.42. The summed E-state index contributed by atoms with van der Waals surface area (Å²) in [6, 6.07) is 4.30. The number of hydrogen-bond acceptors (Lipinski definition) is 3. The molecule has 0 aliphatic rings. The van der Waals surface area contributed by atoms with Crippen LogP contribution in [0.1, 0.15) is 15.9 Å². The van der Waals surface area contributed by atoms with Gasteiger partial charge in [-0.25, -0.2) is 13.8 Å². The SMILES string of the molecule is Cc1cc(NC(=O)c2ccc(F)cc2F)ncc1N. The molecule has 1 amide bonds. The van der Waals surface area contributed by atoms with E-state index in [0.717, 1.165) is 17.7 Å². The van der Waals surface area contributed by atoms with Crippen LogP contribution in [0.25, 0.3) is 0 Å². The molecule has 0 aliphatic carbocycles. The van der Waals surface area contributed by atoms with Gasteiger partial charge in [-0.3, -0.25) is 4.79 Å². The van der Waals surface area contributed by atoms with Crippen molar-refractivity contribution in [2.75, 3.05) is 11.1 Å². The quantitative estimate of drug-likeness (QED) is 0.874. The molecule has 0 unspecified atom stereocenters. The van der Waals surface area contributed by atoms with Gasteiger partial charge in [-0.1, -0.05) is 0 Å². The first-order valence-corrected chi connectivity index (χ1v) is 5.46. The van der Waals surface area contributed by atoms with Crippen LogP contribution >= 0.6 is 0 Å². The molecule has 0 aliphatic heterocycles. The summed E-state index contributed by atoms with van der Waals surface area (Å²) < 4.78 is 26.1. The third-order valence-electron chi connectivity index (χ3n) is 2.57. The molecule has 1 aromatic heterocycles. The van der Waals surface area contributed by atoms with Crippen molar-refractivity contribution in [1.82, 2.24) is 4.98 Å². The van der Waals surface area contributed by atoms with E-state index in [4.69, 9.17) is 5.73 Å². The summed E-state index contributed by atoms with van der Waals surface area (Å²) >= 11 is 0. The first kappa shape index (κ1) is 12.9. The number of hydrogen-bond donors (Lipinski definition) is 2. The highest BCUT2D eigenvalue weighted by atomic mass is 19.1. The van der Waals surface area contributed by atoms with Crippen molar-refractivity contribution in [3.05, 3.63) is 53.2 Å². The minimum absolute atomic E-state index is 0.250. The Balaban J connectivity index is 2.23. The molecule has 0 saturated heterocycles. The van der Waals surface area contributed by atoms with Crippen LogP contribution in [0.2, 0.25) is 0 Å². The summed E-state index contributed by atoms with van der Waals surface area (Å²) in [6.45, 7) is 1.76. The van der Waals surface area contributed by atoms with Crippen LogP contribution in [0.5, 0.6) is 0 Å². The van der Waals surface area contributed by atoms with E-state index in [2.05, 4.69) is 10.3 Å². The number of nitrogen functional groups attached to an aromatic ring is 1. The van der Waals surface area contributed by atoms with Gasteiger partial charge in [0.15, 0.2) is 0 Å². The lowest BCUT2D eigenvalue weighted by atomic mass is 10.2. The molecule has 0 fully saturated rings. The smallest absolute Gasteiger partial charge is 0.259 e. The Kier molecular flexibility index (Phi) is 3.41. The van der Waals surface area contributed by atoms with Gasteiger partial charge in [-0.15, -0.1) is 0 Å². The molecule has 4 nitrogen and oxygen atoms in total.